The number of likely N-dealkylation sites (tertiary alicyclic amines) is 1. The average Bonchev–Trinajstić information content (AvgIpc) is 3.16. The summed E-state index contributed by atoms with van der Waals surface area (Å²) in [5.41, 5.74) is 2.29. The lowest BCUT2D eigenvalue weighted by Crippen LogP contribution is -2.52. The van der Waals surface area contributed by atoms with Gasteiger partial charge in [0.1, 0.15) is 22.0 Å². The third-order valence-corrected chi connectivity index (χ3v) is 6.46. The summed E-state index contributed by atoms with van der Waals surface area (Å²) in [5.74, 6) is 0.935. The number of amides is 1. The molecule has 2 aliphatic heterocycles. The van der Waals surface area contributed by atoms with Crippen molar-refractivity contribution in [3.8, 4) is 16.3 Å². The minimum Gasteiger partial charge on any atom is -0.487 e. The number of aryl methyl sites for hydroxylation is 1. The Morgan fingerprint density at radius 2 is 2.07 bits per heavy atom. The number of hydrogen-bond donors (Lipinski definition) is 1. The van der Waals surface area contributed by atoms with Crippen LogP contribution < -0.4 is 4.74 Å². The normalized spacial score (nSPS) is 18.3. The van der Waals surface area contributed by atoms with Crippen LogP contribution in [0, 0.1) is 0 Å². The van der Waals surface area contributed by atoms with E-state index in [0.29, 0.717) is 18.8 Å². The zero-order valence-electron chi connectivity index (χ0n) is 17.2. The van der Waals surface area contributed by atoms with Gasteiger partial charge >= 0.3 is 6.09 Å². The summed E-state index contributed by atoms with van der Waals surface area (Å²) in [4.78, 5) is 18.6. The van der Waals surface area contributed by atoms with Crippen molar-refractivity contribution in [1.29, 1.82) is 0 Å². The number of hydrogen-bond acceptors (Lipinski definition) is 6. The molecule has 1 spiro atoms. The quantitative estimate of drug-likeness (QED) is 0.786. The molecule has 2 aromatic rings. The van der Waals surface area contributed by atoms with Crippen LogP contribution in [0.4, 0.5) is 4.79 Å². The number of rotatable bonds is 2. The van der Waals surface area contributed by atoms with E-state index in [0.717, 1.165) is 42.0 Å². The molecule has 0 aliphatic carbocycles. The summed E-state index contributed by atoms with van der Waals surface area (Å²) < 4.78 is 12.0. The van der Waals surface area contributed by atoms with E-state index >= 15 is 0 Å². The maximum atomic E-state index is 12.3. The number of carbonyl (C=O) groups excluding carboxylic acids is 1. The number of thiazole rings is 1. The zero-order valence-corrected chi connectivity index (χ0v) is 18.1. The second-order valence-corrected chi connectivity index (χ2v) is 9.74. The molecule has 0 saturated carbocycles. The highest BCUT2D eigenvalue weighted by Crippen LogP contribution is 2.41. The van der Waals surface area contributed by atoms with Gasteiger partial charge < -0.3 is 19.5 Å². The van der Waals surface area contributed by atoms with Crippen LogP contribution in [0.2, 0.25) is 0 Å². The van der Waals surface area contributed by atoms with Crippen LogP contribution in [0.5, 0.6) is 5.75 Å². The molecule has 4 rings (SSSR count). The summed E-state index contributed by atoms with van der Waals surface area (Å²) in [6, 6.07) is 6.22. The van der Waals surface area contributed by atoms with Crippen LogP contribution in [0.1, 0.15) is 51.3 Å². The molecular weight excluding hydrogens is 388 g/mol. The zero-order chi connectivity index (χ0) is 20.6. The van der Waals surface area contributed by atoms with E-state index < -0.39 is 5.60 Å². The van der Waals surface area contributed by atoms with Crippen molar-refractivity contribution in [2.24, 2.45) is 0 Å². The van der Waals surface area contributed by atoms with Crippen molar-refractivity contribution >= 4 is 17.4 Å². The maximum absolute atomic E-state index is 12.3. The molecule has 1 N–H and O–H groups in total. The fourth-order valence-electron chi connectivity index (χ4n) is 3.94. The van der Waals surface area contributed by atoms with E-state index in [1.165, 1.54) is 5.56 Å². The molecule has 2 aliphatic rings. The standard InChI is InChI=1S/C22H28N2O4S/c1-21(2,3)28-20(26)24-10-8-22(9-11-24)7-6-15-12-16(4-5-18(15)27-22)19-23-17(13-25)14-29-19/h4-5,12,14,25H,6-11,13H2,1-3H3. The van der Waals surface area contributed by atoms with Gasteiger partial charge in [0.05, 0.1) is 12.3 Å². The molecule has 1 amide bonds. The molecule has 29 heavy (non-hydrogen) atoms. The molecule has 156 valence electrons. The monoisotopic (exact) mass is 416 g/mol. The first-order valence-corrected chi connectivity index (χ1v) is 11.0. The largest absolute Gasteiger partial charge is 0.487 e. The molecule has 1 fully saturated rings. The number of aliphatic hydroxyl groups excluding tert-OH is 1. The Bertz CT molecular complexity index is 894. The van der Waals surface area contributed by atoms with Gasteiger partial charge in [-0.3, -0.25) is 0 Å². The fraction of sp³-hybridized carbons (Fsp3) is 0.545. The average molecular weight is 417 g/mol. The topological polar surface area (TPSA) is 71.9 Å². The van der Waals surface area contributed by atoms with E-state index in [2.05, 4.69) is 11.1 Å². The predicted molar refractivity (Wildman–Crippen MR) is 112 cm³/mol. The van der Waals surface area contributed by atoms with Gasteiger partial charge in [-0.15, -0.1) is 11.3 Å². The smallest absolute Gasteiger partial charge is 0.410 e. The molecule has 0 bridgehead atoms. The number of carbonyl (C=O) groups is 1. The van der Waals surface area contributed by atoms with Crippen LogP contribution in [0.25, 0.3) is 10.6 Å². The first-order chi connectivity index (χ1) is 13.8. The van der Waals surface area contributed by atoms with E-state index in [-0.39, 0.29) is 18.3 Å². The van der Waals surface area contributed by atoms with Gasteiger partial charge in [-0.05, 0) is 57.4 Å². The molecule has 6 nitrogen and oxygen atoms in total. The van der Waals surface area contributed by atoms with Gasteiger partial charge in [-0.25, -0.2) is 9.78 Å². The number of aliphatic hydroxyl groups is 1. The van der Waals surface area contributed by atoms with E-state index in [9.17, 15) is 9.90 Å². The van der Waals surface area contributed by atoms with Gasteiger partial charge in [0.15, 0.2) is 0 Å². The van der Waals surface area contributed by atoms with Crippen molar-refractivity contribution in [2.75, 3.05) is 13.1 Å². The van der Waals surface area contributed by atoms with Gasteiger partial charge in [0.2, 0.25) is 0 Å². The predicted octanol–water partition coefficient (Wildman–Crippen LogP) is 4.40. The molecule has 0 atom stereocenters. The number of benzene rings is 1. The minimum atomic E-state index is -0.473. The van der Waals surface area contributed by atoms with E-state index in [4.69, 9.17) is 9.47 Å². The molecule has 1 aromatic heterocycles. The Balaban J connectivity index is 1.42. The van der Waals surface area contributed by atoms with Crippen LogP contribution in [0.3, 0.4) is 0 Å². The highest BCUT2D eigenvalue weighted by Gasteiger charge is 2.41. The Kier molecular flexibility index (Phi) is 5.29. The van der Waals surface area contributed by atoms with E-state index in [1.807, 2.05) is 38.3 Å². The highest BCUT2D eigenvalue weighted by molar-refractivity contribution is 7.13. The second kappa shape index (κ2) is 7.61. The van der Waals surface area contributed by atoms with Crippen LogP contribution in [0.15, 0.2) is 23.6 Å². The molecule has 0 radical (unpaired) electrons. The first kappa shape index (κ1) is 20.2. The SMILES string of the molecule is CC(C)(C)OC(=O)N1CCC2(CCc3cc(-c4nc(CO)cs4)ccc3O2)CC1. The van der Waals surface area contributed by atoms with Crippen LogP contribution in [-0.4, -0.2) is 45.4 Å². The minimum absolute atomic E-state index is 0.0343. The maximum Gasteiger partial charge on any atom is 0.410 e. The number of fused-ring (bicyclic) bond motifs is 1. The first-order valence-electron chi connectivity index (χ1n) is 10.1. The Hall–Kier alpha value is -2.12. The summed E-state index contributed by atoms with van der Waals surface area (Å²) in [6.45, 7) is 6.95. The Morgan fingerprint density at radius 3 is 2.72 bits per heavy atom. The van der Waals surface area contributed by atoms with Gasteiger partial charge in [0, 0.05) is 36.9 Å². The van der Waals surface area contributed by atoms with Crippen molar-refractivity contribution in [3.63, 3.8) is 0 Å². The number of aromatic nitrogens is 1. The number of piperidine rings is 1. The summed E-state index contributed by atoms with van der Waals surface area (Å²) >= 11 is 1.54. The van der Waals surface area contributed by atoms with Gasteiger partial charge in [-0.1, -0.05) is 0 Å². The van der Waals surface area contributed by atoms with Crippen molar-refractivity contribution in [2.45, 2.75) is 64.3 Å². The molecule has 0 unspecified atom stereocenters. The van der Waals surface area contributed by atoms with Gasteiger partial charge in [-0.2, -0.15) is 0 Å². The highest BCUT2D eigenvalue weighted by atomic mass is 32.1. The molecule has 7 heteroatoms. The third kappa shape index (κ3) is 4.41. The van der Waals surface area contributed by atoms with Crippen molar-refractivity contribution < 1.29 is 19.4 Å². The molecule has 1 aromatic carbocycles. The summed E-state index contributed by atoms with van der Waals surface area (Å²) in [6.07, 6.45) is 3.30. The Morgan fingerprint density at radius 1 is 1.31 bits per heavy atom. The lowest BCUT2D eigenvalue weighted by molar-refractivity contribution is -0.0272. The number of ether oxygens (including phenoxy) is 2. The fourth-order valence-corrected chi connectivity index (χ4v) is 4.75. The summed E-state index contributed by atoms with van der Waals surface area (Å²) in [7, 11) is 0. The lowest BCUT2D eigenvalue weighted by Gasteiger charge is -2.44. The molecular formula is C22H28N2O4S. The van der Waals surface area contributed by atoms with Crippen molar-refractivity contribution in [1.82, 2.24) is 9.88 Å². The lowest BCUT2D eigenvalue weighted by atomic mass is 9.83. The third-order valence-electron chi connectivity index (χ3n) is 5.52. The van der Waals surface area contributed by atoms with Crippen LogP contribution >= 0.6 is 11.3 Å². The van der Waals surface area contributed by atoms with Crippen LogP contribution in [-0.2, 0) is 17.8 Å². The molecule has 1 saturated heterocycles. The van der Waals surface area contributed by atoms with Crippen molar-refractivity contribution in [3.05, 3.63) is 34.8 Å². The second-order valence-electron chi connectivity index (χ2n) is 8.88. The number of nitrogens with zero attached hydrogens (tertiary/aromatic N) is 2. The summed E-state index contributed by atoms with van der Waals surface area (Å²) in [5, 5.41) is 12.0. The van der Waals surface area contributed by atoms with E-state index in [1.54, 1.807) is 16.2 Å². The Labute approximate surface area is 175 Å². The van der Waals surface area contributed by atoms with Gasteiger partial charge in [0.25, 0.3) is 0 Å². The molecule has 3 heterocycles.